The number of hydrogen-bond donors (Lipinski definition) is 0. The quantitative estimate of drug-likeness (QED) is 0.0342. The van der Waals surface area contributed by atoms with Gasteiger partial charge in [-0.15, -0.1) is 0 Å². The maximum atomic E-state index is 2.40. The van der Waals surface area contributed by atoms with E-state index in [1.54, 1.807) is 5.56 Å². The summed E-state index contributed by atoms with van der Waals surface area (Å²) in [5, 5.41) is 8.56. The second-order valence-electron chi connectivity index (χ2n) is 16.1. The van der Waals surface area contributed by atoms with Crippen LogP contribution in [0.1, 0.15) is 173 Å². The van der Waals surface area contributed by atoms with Crippen LogP contribution in [0.3, 0.4) is 0 Å². The number of quaternary nitrogens is 1. The van der Waals surface area contributed by atoms with Crippen LogP contribution in [0.2, 0.25) is 0 Å². The fourth-order valence-electron chi connectivity index (χ4n) is 9.22. The van der Waals surface area contributed by atoms with Gasteiger partial charge in [0.05, 0.1) is 26.2 Å². The SMILES string of the molecule is CCCCCCCCCCCCCCCC[N+]1(CCCCCCCCCCCc2ccc3ccc4cccc5ccc2c3c45)CCCC1. The van der Waals surface area contributed by atoms with Crippen molar-refractivity contribution in [3.05, 3.63) is 60.2 Å². The lowest BCUT2D eigenvalue weighted by atomic mass is 9.90. The molecule has 0 bridgehead atoms. The molecule has 0 radical (unpaired) electrons. The minimum absolute atomic E-state index is 1.22. The van der Waals surface area contributed by atoms with Gasteiger partial charge < -0.3 is 4.48 Å². The molecule has 48 heavy (non-hydrogen) atoms. The topological polar surface area (TPSA) is 0 Å². The van der Waals surface area contributed by atoms with Crippen molar-refractivity contribution in [2.45, 2.75) is 174 Å². The molecule has 1 heteroatoms. The number of rotatable bonds is 27. The van der Waals surface area contributed by atoms with E-state index in [1.165, 1.54) is 230 Å². The molecule has 0 atom stereocenters. The molecule has 1 saturated heterocycles. The van der Waals surface area contributed by atoms with Gasteiger partial charge in [-0.1, -0.05) is 177 Å². The van der Waals surface area contributed by atoms with Crippen LogP contribution >= 0.6 is 0 Å². The summed E-state index contributed by atoms with van der Waals surface area (Å²) < 4.78 is 1.48. The fraction of sp³-hybridized carbons (Fsp3) is 0.660. The lowest BCUT2D eigenvalue weighted by molar-refractivity contribution is -0.917. The monoisotopic (exact) mass is 651 g/mol. The van der Waals surface area contributed by atoms with Gasteiger partial charge in [-0.05, 0) is 76.4 Å². The number of hydrogen-bond acceptors (Lipinski definition) is 0. The lowest BCUT2D eigenvalue weighted by Crippen LogP contribution is -2.46. The third-order valence-corrected chi connectivity index (χ3v) is 12.2. The molecule has 5 rings (SSSR count). The Bertz CT molecular complexity index is 1400. The minimum Gasteiger partial charge on any atom is -0.324 e. The molecule has 1 aliphatic heterocycles. The van der Waals surface area contributed by atoms with E-state index in [1.807, 2.05) is 0 Å². The number of likely N-dealkylation sites (tertiary alicyclic amines) is 1. The second-order valence-corrected chi connectivity index (χ2v) is 16.1. The van der Waals surface area contributed by atoms with E-state index < -0.39 is 0 Å². The summed E-state index contributed by atoms with van der Waals surface area (Å²) in [6, 6.07) is 20.8. The van der Waals surface area contributed by atoms with Crippen LogP contribution in [0.5, 0.6) is 0 Å². The van der Waals surface area contributed by atoms with Crippen LogP contribution < -0.4 is 0 Å². The van der Waals surface area contributed by atoms with Gasteiger partial charge in [0, 0.05) is 12.8 Å². The largest absolute Gasteiger partial charge is 0.324 e. The van der Waals surface area contributed by atoms with E-state index in [9.17, 15) is 0 Å². The molecule has 264 valence electrons. The molecule has 1 aliphatic rings. The molecule has 1 fully saturated rings. The summed E-state index contributed by atoms with van der Waals surface area (Å²) in [6.07, 6.45) is 37.6. The molecule has 0 spiro atoms. The van der Waals surface area contributed by atoms with Crippen molar-refractivity contribution in [1.82, 2.24) is 0 Å². The third kappa shape index (κ3) is 11.5. The van der Waals surface area contributed by atoms with Gasteiger partial charge in [0.2, 0.25) is 0 Å². The molecule has 1 heterocycles. The van der Waals surface area contributed by atoms with Crippen molar-refractivity contribution in [3.63, 3.8) is 0 Å². The Hall–Kier alpha value is -2.12. The average Bonchev–Trinajstić information content (AvgIpc) is 3.58. The highest BCUT2D eigenvalue weighted by atomic mass is 15.4. The van der Waals surface area contributed by atoms with Crippen LogP contribution in [0.25, 0.3) is 32.3 Å². The van der Waals surface area contributed by atoms with Gasteiger partial charge >= 0.3 is 0 Å². The van der Waals surface area contributed by atoms with Gasteiger partial charge in [0.15, 0.2) is 0 Å². The Morgan fingerprint density at radius 2 is 0.833 bits per heavy atom. The molecule has 0 amide bonds. The molecule has 4 aromatic rings. The zero-order chi connectivity index (χ0) is 33.1. The van der Waals surface area contributed by atoms with Crippen molar-refractivity contribution >= 4 is 32.3 Å². The Kier molecular flexibility index (Phi) is 16.4. The van der Waals surface area contributed by atoms with E-state index in [-0.39, 0.29) is 0 Å². The first-order valence-corrected chi connectivity index (χ1v) is 21.3. The zero-order valence-electron chi connectivity index (χ0n) is 31.4. The van der Waals surface area contributed by atoms with E-state index >= 15 is 0 Å². The minimum atomic E-state index is 1.22. The predicted octanol–water partition coefficient (Wildman–Crippen LogP) is 14.7. The maximum Gasteiger partial charge on any atom is 0.0788 e. The van der Waals surface area contributed by atoms with E-state index in [0.717, 1.165) is 0 Å². The normalized spacial score (nSPS) is 14.7. The van der Waals surface area contributed by atoms with Crippen molar-refractivity contribution < 1.29 is 4.48 Å². The van der Waals surface area contributed by atoms with Crippen LogP contribution in [0.4, 0.5) is 0 Å². The van der Waals surface area contributed by atoms with Crippen molar-refractivity contribution in [2.75, 3.05) is 26.2 Å². The molecule has 1 nitrogen and oxygen atoms in total. The maximum absolute atomic E-state index is 2.40. The summed E-state index contributed by atoms with van der Waals surface area (Å²) >= 11 is 0. The molecule has 0 N–H and O–H groups in total. The lowest BCUT2D eigenvalue weighted by Gasteiger charge is -2.34. The van der Waals surface area contributed by atoms with Gasteiger partial charge in [0.1, 0.15) is 0 Å². The molecule has 0 aromatic heterocycles. The van der Waals surface area contributed by atoms with Crippen LogP contribution in [0.15, 0.2) is 54.6 Å². The molecular weight excluding hydrogens is 579 g/mol. The smallest absolute Gasteiger partial charge is 0.0788 e. The van der Waals surface area contributed by atoms with Crippen molar-refractivity contribution in [3.8, 4) is 0 Å². The van der Waals surface area contributed by atoms with E-state index in [4.69, 9.17) is 0 Å². The summed E-state index contributed by atoms with van der Waals surface area (Å²) in [5.74, 6) is 0. The van der Waals surface area contributed by atoms with Gasteiger partial charge in [0.25, 0.3) is 0 Å². The zero-order valence-corrected chi connectivity index (χ0v) is 31.4. The Balaban J connectivity index is 0.853. The number of nitrogens with zero attached hydrogens (tertiary/aromatic N) is 1. The molecule has 4 aromatic carbocycles. The van der Waals surface area contributed by atoms with Crippen LogP contribution in [-0.4, -0.2) is 30.7 Å². The molecular formula is C47H72N+. The number of benzene rings is 4. The fourth-order valence-corrected chi connectivity index (χ4v) is 9.22. The predicted molar refractivity (Wildman–Crippen MR) is 215 cm³/mol. The summed E-state index contributed by atoms with van der Waals surface area (Å²) in [6.45, 7) is 8.22. The molecule has 0 aliphatic carbocycles. The first-order valence-electron chi connectivity index (χ1n) is 21.3. The van der Waals surface area contributed by atoms with E-state index in [2.05, 4.69) is 61.5 Å². The first-order chi connectivity index (χ1) is 23.8. The average molecular weight is 651 g/mol. The van der Waals surface area contributed by atoms with Crippen molar-refractivity contribution in [1.29, 1.82) is 0 Å². The Morgan fingerprint density at radius 3 is 1.35 bits per heavy atom. The van der Waals surface area contributed by atoms with Gasteiger partial charge in [-0.2, -0.15) is 0 Å². The summed E-state index contributed by atoms with van der Waals surface area (Å²) in [7, 11) is 0. The van der Waals surface area contributed by atoms with Crippen LogP contribution in [-0.2, 0) is 6.42 Å². The molecule has 0 unspecified atom stereocenters. The van der Waals surface area contributed by atoms with Gasteiger partial charge in [-0.25, -0.2) is 0 Å². The summed E-state index contributed by atoms with van der Waals surface area (Å²) in [4.78, 5) is 0. The standard InChI is InChI=1S/C47H72N/c1-2-3-4-5-6-7-8-9-10-11-14-17-20-23-37-48(39-25-26-40-48)38-24-21-18-15-12-13-16-19-22-28-41-31-32-44-34-33-42-29-27-30-43-35-36-45(41)47(44)46(42)43/h27,29-36H,2-26,28,37-40H2,1H3/q+1. The number of aryl methyl sites for hydroxylation is 1. The third-order valence-electron chi connectivity index (χ3n) is 12.2. The van der Waals surface area contributed by atoms with Crippen LogP contribution in [0, 0.1) is 0 Å². The highest BCUT2D eigenvalue weighted by molar-refractivity contribution is 6.23. The first kappa shape index (κ1) is 37.1. The summed E-state index contributed by atoms with van der Waals surface area (Å²) in [5.41, 5.74) is 1.54. The highest BCUT2D eigenvalue weighted by Gasteiger charge is 2.30. The number of unbranched alkanes of at least 4 members (excludes halogenated alkanes) is 21. The van der Waals surface area contributed by atoms with Gasteiger partial charge in [-0.3, -0.25) is 0 Å². The van der Waals surface area contributed by atoms with E-state index in [0.29, 0.717) is 0 Å². The highest BCUT2D eigenvalue weighted by Crippen LogP contribution is 2.36. The molecule has 0 saturated carbocycles. The van der Waals surface area contributed by atoms with Crippen molar-refractivity contribution in [2.24, 2.45) is 0 Å². The Labute approximate surface area is 296 Å². The Morgan fingerprint density at radius 1 is 0.417 bits per heavy atom. The second kappa shape index (κ2) is 21.2.